The van der Waals surface area contributed by atoms with E-state index in [1.165, 1.54) is 12.1 Å². The third kappa shape index (κ3) is 6.60. The highest BCUT2D eigenvalue weighted by Gasteiger charge is 2.07. The molecular weight excluding hydrogens is 434 g/mol. The molecule has 0 unspecified atom stereocenters. The topological polar surface area (TPSA) is 58.3 Å². The largest absolute Gasteiger partial charge is 0.357 e. The van der Waals surface area contributed by atoms with Gasteiger partial charge in [-0.2, -0.15) is 0 Å². The second-order valence-corrected chi connectivity index (χ2v) is 5.51. The van der Waals surface area contributed by atoms with E-state index in [1.807, 2.05) is 23.4 Å². The summed E-state index contributed by atoms with van der Waals surface area (Å²) in [6.45, 7) is 6.94. The fourth-order valence-corrected chi connectivity index (χ4v) is 2.41. The van der Waals surface area contributed by atoms with Crippen LogP contribution < -0.4 is 5.32 Å². The van der Waals surface area contributed by atoms with Crippen molar-refractivity contribution >= 4 is 29.9 Å². The average Bonchev–Trinajstić information content (AvgIpc) is 3.03. The van der Waals surface area contributed by atoms with Crippen molar-refractivity contribution in [3.63, 3.8) is 0 Å². The molecule has 1 aromatic heterocycles. The lowest BCUT2D eigenvalue weighted by Crippen LogP contribution is -2.38. The molecule has 0 aliphatic heterocycles. The number of aliphatic imine (C=N–C) groups is 1. The van der Waals surface area contributed by atoms with Gasteiger partial charge < -0.3 is 14.8 Å². The molecule has 0 radical (unpaired) electrons. The molecule has 0 aliphatic carbocycles. The molecule has 0 saturated carbocycles. The molecule has 0 atom stereocenters. The van der Waals surface area contributed by atoms with E-state index in [0.29, 0.717) is 13.1 Å². The Balaban J connectivity index is 0.00000312. The van der Waals surface area contributed by atoms with Crippen molar-refractivity contribution in [3.8, 4) is 0 Å². The van der Waals surface area contributed by atoms with Crippen molar-refractivity contribution in [2.75, 3.05) is 20.1 Å². The summed E-state index contributed by atoms with van der Waals surface area (Å²) in [5.74, 6) is 1.57. The molecule has 0 bridgehead atoms. The molecule has 138 valence electrons. The molecule has 2 rings (SSSR count). The number of nitrogens with one attached hydrogen (secondary N) is 1. The highest BCUT2D eigenvalue weighted by Crippen LogP contribution is 2.06. The molecule has 1 N–H and O–H groups in total. The Morgan fingerprint density at radius 2 is 2.00 bits per heavy atom. The maximum atomic E-state index is 13.0. The van der Waals surface area contributed by atoms with Crippen molar-refractivity contribution in [3.05, 3.63) is 47.8 Å². The third-order valence-corrected chi connectivity index (χ3v) is 3.64. The van der Waals surface area contributed by atoms with Crippen LogP contribution in [0.3, 0.4) is 0 Å². The van der Waals surface area contributed by atoms with Gasteiger partial charge in [0.2, 0.25) is 0 Å². The van der Waals surface area contributed by atoms with Gasteiger partial charge in [0.05, 0.1) is 6.54 Å². The standard InChI is InChI=1S/C17H25FN6.HI/c1-4-16-22-21-13-24(16)11-10-20-17(19-5-2)23(3)12-14-6-8-15(18)9-7-14;/h6-9,13H,4-5,10-12H2,1-3H3,(H,19,20);1H. The van der Waals surface area contributed by atoms with Crippen LogP contribution >= 0.6 is 24.0 Å². The van der Waals surface area contributed by atoms with Gasteiger partial charge in [-0.05, 0) is 24.6 Å². The van der Waals surface area contributed by atoms with E-state index in [-0.39, 0.29) is 29.8 Å². The van der Waals surface area contributed by atoms with E-state index in [9.17, 15) is 4.39 Å². The van der Waals surface area contributed by atoms with Crippen LogP contribution in [-0.4, -0.2) is 45.8 Å². The first-order chi connectivity index (χ1) is 11.6. The molecule has 0 spiro atoms. The summed E-state index contributed by atoms with van der Waals surface area (Å²) >= 11 is 0. The van der Waals surface area contributed by atoms with Gasteiger partial charge in [-0.1, -0.05) is 19.1 Å². The average molecular weight is 460 g/mol. The van der Waals surface area contributed by atoms with Gasteiger partial charge in [-0.25, -0.2) is 4.39 Å². The zero-order chi connectivity index (χ0) is 17.4. The molecule has 0 aliphatic rings. The zero-order valence-electron chi connectivity index (χ0n) is 14.9. The number of rotatable bonds is 7. The first-order valence-electron chi connectivity index (χ1n) is 8.24. The number of aromatic nitrogens is 3. The number of hydrogen-bond acceptors (Lipinski definition) is 3. The second-order valence-electron chi connectivity index (χ2n) is 5.51. The van der Waals surface area contributed by atoms with Crippen molar-refractivity contribution < 1.29 is 4.39 Å². The quantitative estimate of drug-likeness (QED) is 0.392. The first kappa shape index (κ1) is 21.3. The summed E-state index contributed by atoms with van der Waals surface area (Å²) < 4.78 is 15.0. The minimum Gasteiger partial charge on any atom is -0.357 e. The Hall–Kier alpha value is -1.71. The van der Waals surface area contributed by atoms with Crippen molar-refractivity contribution in [2.45, 2.75) is 33.4 Å². The van der Waals surface area contributed by atoms with E-state index >= 15 is 0 Å². The molecular formula is C17H26FIN6. The minimum atomic E-state index is -0.220. The number of benzene rings is 1. The zero-order valence-corrected chi connectivity index (χ0v) is 17.3. The summed E-state index contributed by atoms with van der Waals surface area (Å²) in [7, 11) is 1.97. The van der Waals surface area contributed by atoms with Crippen molar-refractivity contribution in [1.82, 2.24) is 25.0 Å². The van der Waals surface area contributed by atoms with Crippen LogP contribution in [0.1, 0.15) is 25.2 Å². The van der Waals surface area contributed by atoms with Crippen LogP contribution in [0.2, 0.25) is 0 Å². The lowest BCUT2D eigenvalue weighted by Gasteiger charge is -2.22. The van der Waals surface area contributed by atoms with Gasteiger partial charge in [0.15, 0.2) is 5.96 Å². The summed E-state index contributed by atoms with van der Waals surface area (Å²) in [5.41, 5.74) is 1.04. The Labute approximate surface area is 165 Å². The summed E-state index contributed by atoms with van der Waals surface area (Å²) in [4.78, 5) is 6.69. The van der Waals surface area contributed by atoms with Crippen LogP contribution in [-0.2, 0) is 19.5 Å². The van der Waals surface area contributed by atoms with E-state index in [0.717, 1.165) is 36.9 Å². The molecule has 1 heterocycles. The monoisotopic (exact) mass is 460 g/mol. The smallest absolute Gasteiger partial charge is 0.194 e. The number of halogens is 2. The van der Waals surface area contributed by atoms with Gasteiger partial charge in [-0.15, -0.1) is 34.2 Å². The summed E-state index contributed by atoms with van der Waals surface area (Å²) in [6, 6.07) is 6.54. The number of aryl methyl sites for hydroxylation is 1. The van der Waals surface area contributed by atoms with Crippen LogP contribution in [0.5, 0.6) is 0 Å². The van der Waals surface area contributed by atoms with Crippen molar-refractivity contribution in [2.24, 2.45) is 4.99 Å². The van der Waals surface area contributed by atoms with E-state index < -0.39 is 0 Å². The Kier molecular flexibility index (Phi) is 9.40. The molecule has 25 heavy (non-hydrogen) atoms. The Morgan fingerprint density at radius 1 is 1.28 bits per heavy atom. The van der Waals surface area contributed by atoms with Gasteiger partial charge in [0.1, 0.15) is 18.0 Å². The van der Waals surface area contributed by atoms with Gasteiger partial charge in [-0.3, -0.25) is 4.99 Å². The van der Waals surface area contributed by atoms with Crippen LogP contribution in [0.4, 0.5) is 4.39 Å². The van der Waals surface area contributed by atoms with Gasteiger partial charge in [0.25, 0.3) is 0 Å². The highest BCUT2D eigenvalue weighted by molar-refractivity contribution is 14.0. The lowest BCUT2D eigenvalue weighted by atomic mass is 10.2. The first-order valence-corrected chi connectivity index (χ1v) is 8.24. The van der Waals surface area contributed by atoms with Crippen LogP contribution in [0, 0.1) is 5.82 Å². The number of guanidine groups is 1. The van der Waals surface area contributed by atoms with E-state index in [1.54, 1.807) is 18.5 Å². The Bertz CT molecular complexity index is 655. The molecule has 0 saturated heterocycles. The Morgan fingerprint density at radius 3 is 2.64 bits per heavy atom. The predicted molar refractivity (Wildman–Crippen MR) is 109 cm³/mol. The third-order valence-electron chi connectivity index (χ3n) is 3.64. The van der Waals surface area contributed by atoms with Gasteiger partial charge in [0, 0.05) is 33.1 Å². The fraction of sp³-hybridized carbons (Fsp3) is 0.471. The molecule has 1 aromatic carbocycles. The SMILES string of the molecule is CCNC(=NCCn1cnnc1CC)N(C)Cc1ccc(F)cc1.I. The fourth-order valence-electron chi connectivity index (χ4n) is 2.41. The molecule has 6 nitrogen and oxygen atoms in total. The number of hydrogen-bond donors (Lipinski definition) is 1. The normalized spacial score (nSPS) is 11.1. The highest BCUT2D eigenvalue weighted by atomic mass is 127. The maximum Gasteiger partial charge on any atom is 0.194 e. The molecule has 0 fully saturated rings. The van der Waals surface area contributed by atoms with Crippen LogP contribution in [0.25, 0.3) is 0 Å². The van der Waals surface area contributed by atoms with E-state index in [2.05, 4.69) is 27.4 Å². The van der Waals surface area contributed by atoms with Crippen LogP contribution in [0.15, 0.2) is 35.6 Å². The van der Waals surface area contributed by atoms with Crippen molar-refractivity contribution in [1.29, 1.82) is 0 Å². The lowest BCUT2D eigenvalue weighted by molar-refractivity contribution is 0.475. The maximum absolute atomic E-state index is 13.0. The second kappa shape index (κ2) is 11.0. The molecule has 0 amide bonds. The molecule has 2 aromatic rings. The number of nitrogens with zero attached hydrogens (tertiary/aromatic N) is 5. The van der Waals surface area contributed by atoms with E-state index in [4.69, 9.17) is 0 Å². The predicted octanol–water partition coefficient (Wildman–Crippen LogP) is 2.70. The van der Waals surface area contributed by atoms with Gasteiger partial charge >= 0.3 is 0 Å². The summed E-state index contributed by atoms with van der Waals surface area (Å²) in [5, 5.41) is 11.3. The summed E-state index contributed by atoms with van der Waals surface area (Å²) in [6.07, 6.45) is 2.59. The molecule has 8 heteroatoms. The minimum absolute atomic E-state index is 0.